The van der Waals surface area contributed by atoms with Gasteiger partial charge in [-0.05, 0) is 56.5 Å². The molecule has 0 bridgehead atoms. The van der Waals surface area contributed by atoms with E-state index < -0.39 is 5.91 Å². The summed E-state index contributed by atoms with van der Waals surface area (Å²) in [5.74, 6) is 0.877. The van der Waals surface area contributed by atoms with Gasteiger partial charge >= 0.3 is 0 Å². The van der Waals surface area contributed by atoms with Crippen molar-refractivity contribution < 1.29 is 14.3 Å². The molecule has 3 rings (SSSR count). The van der Waals surface area contributed by atoms with Crippen LogP contribution in [0.15, 0.2) is 45.9 Å². The van der Waals surface area contributed by atoms with Gasteiger partial charge in [0.05, 0.1) is 6.54 Å². The standard InChI is InChI=1S/C21H27N5O3/c1-14(16-4-3-5-17(12-16)19(22)28)24-21-20(23-2)25-18(27)13-26(21)9-6-15-7-10-29-11-8-15/h3-5,12,15H,2,6-11,13H2,1H3,(H2,22,28)(H,25,27). The molecule has 154 valence electrons. The van der Waals surface area contributed by atoms with Crippen molar-refractivity contribution in [1.29, 1.82) is 0 Å². The molecular weight excluding hydrogens is 370 g/mol. The minimum atomic E-state index is -0.490. The number of nitrogens with two attached hydrogens (primary N) is 1. The van der Waals surface area contributed by atoms with Gasteiger partial charge in [0.2, 0.25) is 11.8 Å². The molecule has 1 aromatic rings. The van der Waals surface area contributed by atoms with E-state index in [1.807, 2.05) is 17.9 Å². The van der Waals surface area contributed by atoms with Crippen LogP contribution in [0, 0.1) is 5.92 Å². The first-order chi connectivity index (χ1) is 14.0. The first kappa shape index (κ1) is 20.7. The van der Waals surface area contributed by atoms with Gasteiger partial charge in [-0.2, -0.15) is 0 Å². The van der Waals surface area contributed by atoms with Gasteiger partial charge in [-0.1, -0.05) is 12.1 Å². The molecule has 0 saturated carbocycles. The van der Waals surface area contributed by atoms with Crippen LogP contribution in [0.25, 0.3) is 0 Å². The quantitative estimate of drug-likeness (QED) is 0.682. The Balaban J connectivity index is 1.85. The third-order valence-electron chi connectivity index (χ3n) is 5.25. The van der Waals surface area contributed by atoms with Crippen molar-refractivity contribution in [3.8, 4) is 0 Å². The maximum Gasteiger partial charge on any atom is 0.248 e. The van der Waals surface area contributed by atoms with E-state index in [0.29, 0.717) is 35.4 Å². The SMILES string of the molecule is C=NC1=C(N=C(C)c2cccc(C(N)=O)c2)N(CCC2CCOCC2)CC(=O)N1. The molecule has 2 amide bonds. The number of carbonyl (C=O) groups is 2. The highest BCUT2D eigenvalue weighted by atomic mass is 16.5. The van der Waals surface area contributed by atoms with Crippen LogP contribution < -0.4 is 11.1 Å². The number of amides is 2. The Bertz CT molecular complexity index is 856. The normalized spacial score (nSPS) is 18.6. The number of rotatable bonds is 7. The fourth-order valence-electron chi connectivity index (χ4n) is 3.54. The number of nitrogens with zero attached hydrogens (tertiary/aromatic N) is 3. The topological polar surface area (TPSA) is 109 Å². The van der Waals surface area contributed by atoms with E-state index in [0.717, 1.165) is 38.0 Å². The maximum atomic E-state index is 12.1. The van der Waals surface area contributed by atoms with Crippen molar-refractivity contribution in [1.82, 2.24) is 10.2 Å². The molecule has 2 aliphatic rings. The number of ether oxygens (including phenoxy) is 1. The van der Waals surface area contributed by atoms with Gasteiger partial charge in [0.15, 0.2) is 11.6 Å². The number of hydrogen-bond acceptors (Lipinski definition) is 6. The summed E-state index contributed by atoms with van der Waals surface area (Å²) >= 11 is 0. The number of nitrogens with one attached hydrogen (secondary N) is 1. The zero-order valence-corrected chi connectivity index (χ0v) is 16.7. The van der Waals surface area contributed by atoms with E-state index >= 15 is 0 Å². The van der Waals surface area contributed by atoms with Crippen LogP contribution in [0.2, 0.25) is 0 Å². The summed E-state index contributed by atoms with van der Waals surface area (Å²) in [5.41, 5.74) is 7.27. The monoisotopic (exact) mass is 397 g/mol. The summed E-state index contributed by atoms with van der Waals surface area (Å²) in [4.78, 5) is 34.2. The lowest BCUT2D eigenvalue weighted by Gasteiger charge is -2.32. The Morgan fingerprint density at radius 1 is 1.34 bits per heavy atom. The molecule has 0 spiro atoms. The fourth-order valence-corrected chi connectivity index (χ4v) is 3.54. The molecule has 3 N–H and O–H groups in total. The molecule has 8 nitrogen and oxygen atoms in total. The molecule has 0 atom stereocenters. The van der Waals surface area contributed by atoms with E-state index in [1.54, 1.807) is 18.2 Å². The molecule has 8 heteroatoms. The van der Waals surface area contributed by atoms with Crippen molar-refractivity contribution in [2.24, 2.45) is 21.6 Å². The largest absolute Gasteiger partial charge is 0.381 e. The lowest BCUT2D eigenvalue weighted by molar-refractivity contribution is -0.122. The number of hydrogen-bond donors (Lipinski definition) is 2. The van der Waals surface area contributed by atoms with Gasteiger partial charge in [0, 0.05) is 31.0 Å². The van der Waals surface area contributed by atoms with Crippen LogP contribution >= 0.6 is 0 Å². The highest BCUT2D eigenvalue weighted by Crippen LogP contribution is 2.23. The summed E-state index contributed by atoms with van der Waals surface area (Å²) < 4.78 is 5.43. The van der Waals surface area contributed by atoms with Crippen molar-refractivity contribution in [2.45, 2.75) is 26.2 Å². The Hall–Kier alpha value is -3.00. The van der Waals surface area contributed by atoms with Crippen LogP contribution in [0.4, 0.5) is 0 Å². The summed E-state index contributed by atoms with van der Waals surface area (Å²) in [5, 5.41) is 2.74. The van der Waals surface area contributed by atoms with Gasteiger partial charge in [-0.15, -0.1) is 0 Å². The van der Waals surface area contributed by atoms with Gasteiger partial charge in [0.25, 0.3) is 0 Å². The molecule has 0 radical (unpaired) electrons. The third-order valence-corrected chi connectivity index (χ3v) is 5.25. The molecule has 0 aromatic heterocycles. The van der Waals surface area contributed by atoms with E-state index in [1.165, 1.54) is 0 Å². The van der Waals surface area contributed by atoms with Crippen molar-refractivity contribution >= 4 is 24.2 Å². The molecule has 0 aliphatic carbocycles. The Morgan fingerprint density at radius 3 is 2.76 bits per heavy atom. The number of carbonyl (C=O) groups excluding carboxylic acids is 2. The maximum absolute atomic E-state index is 12.1. The van der Waals surface area contributed by atoms with Crippen molar-refractivity contribution in [2.75, 3.05) is 26.3 Å². The zero-order valence-electron chi connectivity index (χ0n) is 16.7. The van der Waals surface area contributed by atoms with Gasteiger partial charge < -0.3 is 20.7 Å². The minimum absolute atomic E-state index is 0.133. The van der Waals surface area contributed by atoms with Crippen LogP contribution in [-0.2, 0) is 9.53 Å². The molecule has 1 aromatic carbocycles. The summed E-state index contributed by atoms with van der Waals surface area (Å²) in [7, 11) is 0. The average Bonchev–Trinajstić information content (AvgIpc) is 2.74. The van der Waals surface area contributed by atoms with Crippen molar-refractivity contribution in [3.63, 3.8) is 0 Å². The van der Waals surface area contributed by atoms with Crippen molar-refractivity contribution in [3.05, 3.63) is 47.0 Å². The minimum Gasteiger partial charge on any atom is -0.381 e. The average molecular weight is 397 g/mol. The van der Waals surface area contributed by atoms with E-state index in [-0.39, 0.29) is 12.5 Å². The lowest BCUT2D eigenvalue weighted by atomic mass is 9.96. The van der Waals surface area contributed by atoms with E-state index in [4.69, 9.17) is 15.5 Å². The zero-order chi connectivity index (χ0) is 20.8. The summed E-state index contributed by atoms with van der Waals surface area (Å²) in [6.07, 6.45) is 3.03. The smallest absolute Gasteiger partial charge is 0.248 e. The highest BCUT2D eigenvalue weighted by molar-refractivity contribution is 6.02. The molecular formula is C21H27N5O3. The lowest BCUT2D eigenvalue weighted by Crippen LogP contribution is -2.43. The second kappa shape index (κ2) is 9.47. The number of aliphatic imine (C=N–C) groups is 2. The van der Waals surface area contributed by atoms with Crippen LogP contribution in [-0.4, -0.2) is 55.4 Å². The van der Waals surface area contributed by atoms with Gasteiger partial charge in [-0.3, -0.25) is 9.59 Å². The predicted molar refractivity (Wildman–Crippen MR) is 112 cm³/mol. The second-order valence-corrected chi connectivity index (χ2v) is 7.29. The van der Waals surface area contributed by atoms with Gasteiger partial charge in [0.1, 0.15) is 0 Å². The van der Waals surface area contributed by atoms with Crippen LogP contribution in [0.5, 0.6) is 0 Å². The van der Waals surface area contributed by atoms with Crippen LogP contribution in [0.3, 0.4) is 0 Å². The second-order valence-electron chi connectivity index (χ2n) is 7.29. The Morgan fingerprint density at radius 2 is 2.07 bits per heavy atom. The van der Waals surface area contributed by atoms with E-state index in [9.17, 15) is 9.59 Å². The first-order valence-electron chi connectivity index (χ1n) is 9.77. The fraction of sp³-hybridized carbons (Fsp3) is 0.429. The Labute approximate surface area is 170 Å². The summed E-state index contributed by atoms with van der Waals surface area (Å²) in [6.45, 7) is 7.92. The molecule has 2 aliphatic heterocycles. The molecule has 29 heavy (non-hydrogen) atoms. The molecule has 0 unspecified atom stereocenters. The number of primary amides is 1. The molecule has 2 heterocycles. The predicted octanol–water partition coefficient (Wildman–Crippen LogP) is 1.67. The molecule has 1 fully saturated rings. The van der Waals surface area contributed by atoms with Gasteiger partial charge in [-0.25, -0.2) is 9.98 Å². The van der Waals surface area contributed by atoms with E-state index in [2.05, 4.69) is 17.0 Å². The highest BCUT2D eigenvalue weighted by Gasteiger charge is 2.26. The molecule has 1 saturated heterocycles. The third kappa shape index (κ3) is 5.29. The first-order valence-corrected chi connectivity index (χ1v) is 9.77. The Kier molecular flexibility index (Phi) is 6.77. The van der Waals surface area contributed by atoms with Crippen LogP contribution in [0.1, 0.15) is 42.1 Å². The number of benzene rings is 1. The summed E-state index contributed by atoms with van der Waals surface area (Å²) in [6, 6.07) is 6.99.